The lowest BCUT2D eigenvalue weighted by molar-refractivity contribution is -0.181. The third kappa shape index (κ3) is 1.38. The molecule has 3 nitrogen and oxygen atoms in total. The molecule has 3 saturated carbocycles. The molecule has 18 heavy (non-hydrogen) atoms. The van der Waals surface area contributed by atoms with Crippen LogP contribution < -0.4 is 5.73 Å². The van der Waals surface area contributed by atoms with Crippen LogP contribution in [0.4, 0.5) is 0 Å². The van der Waals surface area contributed by atoms with Crippen LogP contribution >= 0.6 is 11.6 Å². The Kier molecular flexibility index (Phi) is 2.48. The fraction of sp³-hybridized carbons (Fsp3) is 0.500. The Morgan fingerprint density at radius 1 is 1.39 bits per heavy atom. The average Bonchev–Trinajstić information content (AvgIpc) is 2.27. The molecule has 0 spiro atoms. The van der Waals surface area contributed by atoms with E-state index in [9.17, 15) is 4.79 Å². The summed E-state index contributed by atoms with van der Waals surface area (Å²) in [7, 11) is 1.39. The van der Waals surface area contributed by atoms with Crippen molar-refractivity contribution < 1.29 is 9.53 Å². The van der Waals surface area contributed by atoms with Crippen molar-refractivity contribution in [3.63, 3.8) is 0 Å². The monoisotopic (exact) mass is 265 g/mol. The van der Waals surface area contributed by atoms with Gasteiger partial charge in [0, 0.05) is 5.02 Å². The first-order valence-electron chi connectivity index (χ1n) is 6.11. The van der Waals surface area contributed by atoms with Crippen molar-refractivity contribution in [3.8, 4) is 0 Å². The van der Waals surface area contributed by atoms with Crippen molar-refractivity contribution in [2.45, 2.75) is 30.7 Å². The predicted octanol–water partition coefficient (Wildman–Crippen LogP) is 2.26. The number of benzene rings is 1. The van der Waals surface area contributed by atoms with E-state index < -0.39 is 6.04 Å². The zero-order valence-corrected chi connectivity index (χ0v) is 11.0. The fourth-order valence-electron chi connectivity index (χ4n) is 3.75. The molecule has 0 amide bonds. The molecule has 2 N–H and O–H groups in total. The van der Waals surface area contributed by atoms with Gasteiger partial charge >= 0.3 is 5.97 Å². The molecule has 4 heteroatoms. The Hall–Kier alpha value is -1.06. The number of halogens is 1. The van der Waals surface area contributed by atoms with E-state index in [-0.39, 0.29) is 16.8 Å². The molecule has 1 aromatic rings. The van der Waals surface area contributed by atoms with Gasteiger partial charge in [-0.2, -0.15) is 0 Å². The van der Waals surface area contributed by atoms with Crippen LogP contribution in [0.2, 0.25) is 5.02 Å². The Balaban J connectivity index is 1.77. The zero-order chi connectivity index (χ0) is 13.0. The average molecular weight is 266 g/mol. The number of rotatable bonds is 3. The molecule has 1 unspecified atom stereocenters. The maximum Gasteiger partial charge on any atom is 0.323 e. The van der Waals surface area contributed by atoms with Crippen LogP contribution in [-0.4, -0.2) is 19.1 Å². The molecule has 1 atom stereocenters. The highest BCUT2D eigenvalue weighted by molar-refractivity contribution is 6.31. The molecule has 1 aromatic carbocycles. The van der Waals surface area contributed by atoms with Crippen LogP contribution in [0.5, 0.6) is 0 Å². The lowest BCUT2D eigenvalue weighted by Gasteiger charge is -2.72. The standard InChI is InChI=1S/C14H16ClNO2/c1-18-12(17)11(16)14-6-13(7-14,8-14)9-4-2-3-5-10(9)15/h2-5,11H,6-8,16H2,1H3. The summed E-state index contributed by atoms with van der Waals surface area (Å²) in [4.78, 5) is 11.5. The first kappa shape index (κ1) is 12.0. The van der Waals surface area contributed by atoms with Crippen molar-refractivity contribution in [2.24, 2.45) is 11.1 Å². The van der Waals surface area contributed by atoms with E-state index in [1.165, 1.54) is 12.7 Å². The molecular weight excluding hydrogens is 250 g/mol. The zero-order valence-electron chi connectivity index (χ0n) is 10.3. The summed E-state index contributed by atoms with van der Waals surface area (Å²) >= 11 is 6.24. The van der Waals surface area contributed by atoms with Crippen LogP contribution in [0.1, 0.15) is 24.8 Å². The Labute approximate surface area is 111 Å². The van der Waals surface area contributed by atoms with Crippen LogP contribution in [0.3, 0.4) is 0 Å². The number of methoxy groups -OCH3 is 1. The first-order valence-corrected chi connectivity index (χ1v) is 6.49. The third-order valence-electron chi connectivity index (χ3n) is 4.63. The van der Waals surface area contributed by atoms with Crippen LogP contribution in [0.15, 0.2) is 24.3 Å². The van der Waals surface area contributed by atoms with Gasteiger partial charge in [-0.05, 0) is 41.7 Å². The van der Waals surface area contributed by atoms with Gasteiger partial charge in [0.2, 0.25) is 0 Å². The summed E-state index contributed by atoms with van der Waals surface area (Å²) in [5, 5.41) is 0.817. The van der Waals surface area contributed by atoms with E-state index in [2.05, 4.69) is 6.07 Å². The smallest absolute Gasteiger partial charge is 0.323 e. The minimum atomic E-state index is -0.494. The van der Waals surface area contributed by atoms with Crippen molar-refractivity contribution in [2.75, 3.05) is 7.11 Å². The second-order valence-corrected chi connectivity index (χ2v) is 6.06. The van der Waals surface area contributed by atoms with E-state index >= 15 is 0 Å². The Bertz CT molecular complexity index is 494. The van der Waals surface area contributed by atoms with Crippen LogP contribution in [-0.2, 0) is 14.9 Å². The van der Waals surface area contributed by atoms with E-state index in [4.69, 9.17) is 22.1 Å². The van der Waals surface area contributed by atoms with E-state index in [0.717, 1.165) is 24.3 Å². The van der Waals surface area contributed by atoms with Crippen LogP contribution in [0.25, 0.3) is 0 Å². The summed E-state index contributed by atoms with van der Waals surface area (Å²) in [6.45, 7) is 0. The van der Waals surface area contributed by atoms with E-state index in [1.54, 1.807) is 0 Å². The van der Waals surface area contributed by atoms with Gasteiger partial charge < -0.3 is 10.5 Å². The summed E-state index contributed by atoms with van der Waals surface area (Å²) in [5.41, 5.74) is 7.28. The summed E-state index contributed by atoms with van der Waals surface area (Å²) in [5.74, 6) is -0.303. The van der Waals surface area contributed by atoms with Gasteiger partial charge in [-0.15, -0.1) is 0 Å². The van der Waals surface area contributed by atoms with Gasteiger partial charge in [0.25, 0.3) is 0 Å². The summed E-state index contributed by atoms with van der Waals surface area (Å²) in [6, 6.07) is 7.45. The topological polar surface area (TPSA) is 52.3 Å². The molecule has 3 fully saturated rings. The van der Waals surface area contributed by atoms with Gasteiger partial charge in [0.15, 0.2) is 0 Å². The number of carbonyl (C=O) groups is 1. The lowest BCUT2D eigenvalue weighted by atomic mass is 9.31. The third-order valence-corrected chi connectivity index (χ3v) is 4.96. The van der Waals surface area contributed by atoms with Crippen molar-refractivity contribution >= 4 is 17.6 Å². The van der Waals surface area contributed by atoms with Gasteiger partial charge in [-0.3, -0.25) is 4.79 Å². The van der Waals surface area contributed by atoms with Gasteiger partial charge in [0.05, 0.1) is 7.11 Å². The number of hydrogen-bond acceptors (Lipinski definition) is 3. The highest BCUT2D eigenvalue weighted by Crippen LogP contribution is 2.75. The normalized spacial score (nSPS) is 34.2. The predicted molar refractivity (Wildman–Crippen MR) is 69.4 cm³/mol. The molecule has 0 saturated heterocycles. The molecule has 2 bridgehead atoms. The molecule has 3 aliphatic rings. The van der Waals surface area contributed by atoms with Gasteiger partial charge in [0.1, 0.15) is 6.04 Å². The second kappa shape index (κ2) is 3.72. The lowest BCUT2D eigenvalue weighted by Crippen LogP contribution is -2.72. The van der Waals surface area contributed by atoms with Crippen LogP contribution in [0, 0.1) is 5.41 Å². The van der Waals surface area contributed by atoms with Crippen molar-refractivity contribution in [1.82, 2.24) is 0 Å². The number of hydrogen-bond donors (Lipinski definition) is 1. The summed E-state index contributed by atoms with van der Waals surface area (Å²) in [6.07, 6.45) is 2.83. The minimum Gasteiger partial charge on any atom is -0.468 e. The highest BCUT2D eigenvalue weighted by Gasteiger charge is 2.72. The molecule has 0 radical (unpaired) electrons. The number of carbonyl (C=O) groups excluding carboxylic acids is 1. The number of ether oxygens (including phenoxy) is 1. The molecule has 0 aliphatic heterocycles. The second-order valence-electron chi connectivity index (χ2n) is 5.65. The van der Waals surface area contributed by atoms with E-state index in [1.807, 2.05) is 18.2 Å². The van der Waals surface area contributed by atoms with E-state index in [0.29, 0.717) is 0 Å². The van der Waals surface area contributed by atoms with Gasteiger partial charge in [-0.1, -0.05) is 29.8 Å². The molecule has 0 aromatic heterocycles. The Morgan fingerprint density at radius 3 is 2.56 bits per heavy atom. The minimum absolute atomic E-state index is 0.0493. The quantitative estimate of drug-likeness (QED) is 0.853. The van der Waals surface area contributed by atoms with Crippen molar-refractivity contribution in [3.05, 3.63) is 34.9 Å². The number of nitrogens with two attached hydrogens (primary N) is 1. The van der Waals surface area contributed by atoms with Crippen molar-refractivity contribution in [1.29, 1.82) is 0 Å². The maximum atomic E-state index is 11.5. The maximum absolute atomic E-state index is 11.5. The number of esters is 1. The Morgan fingerprint density at radius 2 is 2.00 bits per heavy atom. The first-order chi connectivity index (χ1) is 8.53. The van der Waals surface area contributed by atoms with Gasteiger partial charge in [-0.25, -0.2) is 0 Å². The largest absolute Gasteiger partial charge is 0.468 e. The fourth-order valence-corrected chi connectivity index (χ4v) is 4.09. The molecule has 4 rings (SSSR count). The summed E-state index contributed by atoms with van der Waals surface area (Å²) < 4.78 is 4.73. The SMILES string of the molecule is COC(=O)C(N)C12CC(c3ccccc3Cl)(C1)C2. The molecule has 3 aliphatic carbocycles. The highest BCUT2D eigenvalue weighted by atomic mass is 35.5. The molecular formula is C14H16ClNO2. The molecule has 96 valence electrons. The molecule has 0 heterocycles.